The first-order valence-corrected chi connectivity index (χ1v) is 9.25. The first-order valence-electron chi connectivity index (χ1n) is 7.46. The first kappa shape index (κ1) is 16.2. The van der Waals surface area contributed by atoms with E-state index in [-0.39, 0.29) is 12.4 Å². The number of hydrogen-bond acceptors (Lipinski definition) is 4. The van der Waals surface area contributed by atoms with E-state index in [2.05, 4.69) is 6.07 Å². The van der Waals surface area contributed by atoms with Gasteiger partial charge in [-0.15, -0.1) is 0 Å². The van der Waals surface area contributed by atoms with Crippen LogP contribution in [0.5, 0.6) is 0 Å². The molecule has 4 nitrogen and oxygen atoms in total. The number of allylic oxidation sites excluding steroid dienone is 1. The van der Waals surface area contributed by atoms with Crippen molar-refractivity contribution in [3.8, 4) is 0 Å². The highest BCUT2D eigenvalue weighted by molar-refractivity contribution is 8.01. The molecule has 0 aromatic heterocycles. The molecule has 1 heterocycles. The molecule has 0 radical (unpaired) electrons. The summed E-state index contributed by atoms with van der Waals surface area (Å²) in [6.45, 7) is 1.35. The van der Waals surface area contributed by atoms with Crippen molar-refractivity contribution < 1.29 is 14.4 Å². The molecule has 0 aliphatic carbocycles. The van der Waals surface area contributed by atoms with Crippen LogP contribution in [-0.2, 0) is 9.52 Å². The van der Waals surface area contributed by atoms with Gasteiger partial charge in [-0.1, -0.05) is 36.4 Å². The monoisotopic (exact) mass is 331 g/mol. The van der Waals surface area contributed by atoms with Gasteiger partial charge in [0.05, 0.1) is 12.4 Å². The second-order valence-corrected chi connectivity index (χ2v) is 8.74. The topological polar surface area (TPSA) is 60.8 Å². The van der Waals surface area contributed by atoms with E-state index in [9.17, 15) is 14.4 Å². The van der Waals surface area contributed by atoms with Crippen LogP contribution < -0.4 is 0 Å². The van der Waals surface area contributed by atoms with Gasteiger partial charge < -0.3 is 10.2 Å². The minimum atomic E-state index is -2.42. The molecule has 2 aromatic carbocycles. The minimum absolute atomic E-state index is 0.0322. The summed E-state index contributed by atoms with van der Waals surface area (Å²) in [5.74, 6) is -1.55. The molecule has 0 spiro atoms. The predicted octanol–water partition coefficient (Wildman–Crippen LogP) is 1.90. The van der Waals surface area contributed by atoms with E-state index < -0.39 is 15.3 Å². The fraction of sp³-hybridized carbons (Fsp3) is 0.278. The molecule has 0 saturated carbocycles. The van der Waals surface area contributed by atoms with Gasteiger partial charge in [0.15, 0.2) is 5.79 Å². The number of hydrogen-bond donors (Lipinski definition) is 2. The van der Waals surface area contributed by atoms with Crippen molar-refractivity contribution in [1.82, 2.24) is 4.90 Å². The molecule has 2 N–H and O–H groups in total. The number of likely N-dealkylation sites (N-methyl/N-ethyl adjacent to an activating group) is 1. The van der Waals surface area contributed by atoms with Gasteiger partial charge in [0.2, 0.25) is 0 Å². The second kappa shape index (κ2) is 5.76. The summed E-state index contributed by atoms with van der Waals surface area (Å²) in [5.41, 5.74) is 0.959. The zero-order valence-corrected chi connectivity index (χ0v) is 14.1. The minimum Gasteiger partial charge on any atom is -0.365 e. The summed E-state index contributed by atoms with van der Waals surface area (Å²) in [5, 5.41) is 23.0. The van der Waals surface area contributed by atoms with Crippen molar-refractivity contribution in [3.63, 3.8) is 0 Å². The molecule has 3 rings (SSSR count). The number of benzene rings is 2. The Hall–Kier alpha value is -1.66. The standard InChI is InChI=1S/C18H21NO3S/c1-18(20,21)12-19(2)13-23(22)9-5-8-16-10-14-6-3-4-7-15(14)11-17(16)23/h3-11,20-21H,12-13H2,1-2H3. The van der Waals surface area contributed by atoms with E-state index in [1.807, 2.05) is 42.5 Å². The van der Waals surface area contributed by atoms with E-state index in [1.165, 1.54) is 6.92 Å². The molecule has 122 valence electrons. The van der Waals surface area contributed by atoms with Gasteiger partial charge >= 0.3 is 0 Å². The smallest absolute Gasteiger partial charge is 0.172 e. The van der Waals surface area contributed by atoms with Crippen molar-refractivity contribution in [2.24, 2.45) is 0 Å². The Bertz CT molecular complexity index is 887. The third-order valence-corrected chi connectivity index (χ3v) is 6.33. The second-order valence-electron chi connectivity index (χ2n) is 6.32. The Morgan fingerprint density at radius 3 is 2.48 bits per heavy atom. The van der Waals surface area contributed by atoms with Crippen LogP contribution in [0.2, 0.25) is 0 Å². The molecule has 2 aromatic rings. The molecule has 1 atom stereocenters. The molecule has 23 heavy (non-hydrogen) atoms. The molecule has 0 amide bonds. The van der Waals surface area contributed by atoms with Gasteiger partial charge in [0, 0.05) is 14.4 Å². The lowest BCUT2D eigenvalue weighted by molar-refractivity contribution is -0.154. The third kappa shape index (κ3) is 3.48. The largest absolute Gasteiger partial charge is 0.365 e. The normalized spacial score (nSPS) is 20.6. The highest BCUT2D eigenvalue weighted by Gasteiger charge is 2.23. The van der Waals surface area contributed by atoms with E-state index in [4.69, 9.17) is 0 Å². The lowest BCUT2D eigenvalue weighted by atomic mass is 10.1. The molecule has 1 aliphatic heterocycles. The Morgan fingerprint density at radius 1 is 1.17 bits per heavy atom. The predicted molar refractivity (Wildman–Crippen MR) is 95.8 cm³/mol. The molecule has 1 unspecified atom stereocenters. The fourth-order valence-corrected chi connectivity index (χ4v) is 5.31. The maximum absolute atomic E-state index is 13.5. The van der Waals surface area contributed by atoms with E-state index >= 15 is 0 Å². The molecule has 5 heteroatoms. The Kier molecular flexibility index (Phi) is 4.06. The summed E-state index contributed by atoms with van der Waals surface area (Å²) in [6, 6.07) is 12.0. The van der Waals surface area contributed by atoms with Gasteiger partial charge in [-0.25, -0.2) is 0 Å². The van der Waals surface area contributed by atoms with E-state index in [0.29, 0.717) is 0 Å². The zero-order chi connectivity index (χ0) is 16.7. The van der Waals surface area contributed by atoms with Gasteiger partial charge in [0.25, 0.3) is 0 Å². The molecular formula is C18H21NO3S. The molecule has 0 fully saturated rings. The summed E-state index contributed by atoms with van der Waals surface area (Å²) >= 11 is 0. The van der Waals surface area contributed by atoms with Gasteiger partial charge in [-0.3, -0.25) is 9.11 Å². The van der Waals surface area contributed by atoms with Crippen molar-refractivity contribution in [3.05, 3.63) is 48.0 Å². The van der Waals surface area contributed by atoms with Crippen LogP contribution in [0.3, 0.4) is 0 Å². The van der Waals surface area contributed by atoms with Crippen LogP contribution in [0.1, 0.15) is 12.5 Å². The highest BCUT2D eigenvalue weighted by atomic mass is 32.2. The zero-order valence-electron chi connectivity index (χ0n) is 13.3. The van der Waals surface area contributed by atoms with E-state index in [0.717, 1.165) is 21.2 Å². The maximum Gasteiger partial charge on any atom is 0.172 e. The molecule has 1 aliphatic rings. The van der Waals surface area contributed by atoms with Crippen molar-refractivity contribution in [1.29, 1.82) is 0 Å². The molecule has 0 saturated heterocycles. The Morgan fingerprint density at radius 2 is 1.83 bits per heavy atom. The van der Waals surface area contributed by atoms with Crippen LogP contribution in [0.4, 0.5) is 0 Å². The summed E-state index contributed by atoms with van der Waals surface area (Å²) < 4.78 is 13.5. The van der Waals surface area contributed by atoms with Crippen LogP contribution in [0, 0.1) is 0 Å². The average Bonchev–Trinajstić information content (AvgIpc) is 2.43. The summed E-state index contributed by atoms with van der Waals surface area (Å²) in [6.07, 6.45) is 3.79. The van der Waals surface area contributed by atoms with Crippen LogP contribution in [-0.4, -0.2) is 49.9 Å². The third-order valence-electron chi connectivity index (χ3n) is 3.81. The van der Waals surface area contributed by atoms with Crippen LogP contribution in [0.15, 0.2) is 47.4 Å². The number of rotatable bonds is 4. The molecule has 0 bridgehead atoms. The average molecular weight is 331 g/mol. The van der Waals surface area contributed by atoms with Gasteiger partial charge in [0.1, 0.15) is 0 Å². The maximum atomic E-state index is 13.5. The number of aliphatic hydroxyl groups is 2. The first-order chi connectivity index (χ1) is 10.8. The lowest BCUT2D eigenvalue weighted by Gasteiger charge is -2.27. The lowest BCUT2D eigenvalue weighted by Crippen LogP contribution is -2.41. The van der Waals surface area contributed by atoms with Crippen LogP contribution in [0.25, 0.3) is 16.8 Å². The fourth-order valence-electron chi connectivity index (χ4n) is 3.01. The Balaban J connectivity index is 2.02. The molecular weight excluding hydrogens is 310 g/mol. The summed E-state index contributed by atoms with van der Waals surface area (Å²) in [4.78, 5) is 2.50. The SMILES string of the molecule is CN(CC(C)(O)O)CS1(=O)=CC=Cc2cc3ccccc3cc21. The number of nitrogens with zero attached hydrogens (tertiary/aromatic N) is 1. The van der Waals surface area contributed by atoms with Crippen LogP contribution >= 0.6 is 0 Å². The summed E-state index contributed by atoms with van der Waals surface area (Å²) in [7, 11) is -0.680. The van der Waals surface area contributed by atoms with Crippen molar-refractivity contribution in [2.45, 2.75) is 17.6 Å². The highest BCUT2D eigenvalue weighted by Crippen LogP contribution is 2.28. The number of fused-ring (bicyclic) bond motifs is 2. The van der Waals surface area contributed by atoms with Gasteiger partial charge in [-0.2, -0.15) is 0 Å². The Labute approximate surface area is 136 Å². The van der Waals surface area contributed by atoms with Gasteiger partial charge in [-0.05, 0) is 47.8 Å². The van der Waals surface area contributed by atoms with Crippen molar-refractivity contribution in [2.75, 3.05) is 19.5 Å². The quantitative estimate of drug-likeness (QED) is 0.664. The van der Waals surface area contributed by atoms with E-state index in [1.54, 1.807) is 17.3 Å². The van der Waals surface area contributed by atoms with Crippen molar-refractivity contribution >= 4 is 31.7 Å².